The molecule has 2 aliphatic heterocycles. The Morgan fingerprint density at radius 2 is 1.27 bits per heavy atom. The number of rotatable bonds is 10. The molecular weight excluding hydrogens is 536 g/mol. The molecule has 0 aromatic heterocycles. The number of hydrogen-bond donors (Lipinski definition) is 0. The lowest BCUT2D eigenvalue weighted by Crippen LogP contribution is -2.62. The Labute approximate surface area is 245 Å². The molecule has 6 atom stereocenters. The van der Waals surface area contributed by atoms with E-state index in [2.05, 4.69) is 36.4 Å². The predicted octanol–water partition coefficient (Wildman–Crippen LogP) is 6.80. The van der Waals surface area contributed by atoms with Gasteiger partial charge >= 0.3 is 0 Å². The molecule has 0 amide bonds. The zero-order valence-corrected chi connectivity index (χ0v) is 23.7. The molecule has 0 saturated carbocycles. The molecule has 4 aromatic carbocycles. The molecule has 0 spiro atoms. The summed E-state index contributed by atoms with van der Waals surface area (Å²) >= 11 is 1.64. The summed E-state index contributed by atoms with van der Waals surface area (Å²) in [5.41, 5.74) is 2.76. The van der Waals surface area contributed by atoms with Crippen LogP contribution in [0.15, 0.2) is 120 Å². The third-order valence-corrected chi connectivity index (χ3v) is 8.39. The summed E-state index contributed by atoms with van der Waals surface area (Å²) in [6.45, 7) is 1.24. The van der Waals surface area contributed by atoms with Gasteiger partial charge in [-0.15, -0.1) is 0 Å². The van der Waals surface area contributed by atoms with Crippen LogP contribution in [0.25, 0.3) is 0 Å². The van der Waals surface area contributed by atoms with Crippen molar-refractivity contribution in [1.82, 2.24) is 0 Å². The number of fused-ring (bicyclic) bond motifs is 1. The number of hydrogen-bond acceptors (Lipinski definition) is 7. The van der Waals surface area contributed by atoms with E-state index in [-0.39, 0.29) is 11.5 Å². The maximum atomic E-state index is 6.71. The zero-order chi connectivity index (χ0) is 27.9. The quantitative estimate of drug-likeness (QED) is 0.208. The predicted molar refractivity (Wildman–Crippen MR) is 158 cm³/mol. The molecule has 6 nitrogen and oxygen atoms in total. The van der Waals surface area contributed by atoms with Crippen molar-refractivity contribution in [2.24, 2.45) is 0 Å². The van der Waals surface area contributed by atoms with Gasteiger partial charge in [-0.25, -0.2) is 0 Å². The van der Waals surface area contributed by atoms with Gasteiger partial charge in [0.25, 0.3) is 0 Å². The summed E-state index contributed by atoms with van der Waals surface area (Å²) in [6, 6.07) is 38.4. The first kappa shape index (κ1) is 28.0. The summed E-state index contributed by atoms with van der Waals surface area (Å²) < 4.78 is 38.2. The molecular formula is C34H34O6S. The van der Waals surface area contributed by atoms with E-state index in [1.54, 1.807) is 18.9 Å². The van der Waals surface area contributed by atoms with Crippen LogP contribution in [0.2, 0.25) is 0 Å². The average Bonchev–Trinajstić information content (AvgIpc) is 3.04. The Hall–Kier alpha value is -3.17. The molecule has 41 heavy (non-hydrogen) atoms. The van der Waals surface area contributed by atoms with Gasteiger partial charge in [0.05, 0.1) is 26.9 Å². The standard InChI is InChI=1S/C34H34O6S/c1-35-27-19-17-26(18-20-27)33-38-23-29-30(40-33)31(36-21-24-11-5-2-6-12-24)32(37-22-25-13-7-3-8-14-25)34(39-29)41-28-15-9-4-10-16-28/h2-20,29-34H,21-23H2,1H3/t29-,30-,31+,32-,33?,34+/m0/s1. The fraction of sp³-hybridized carbons (Fsp3) is 0.294. The highest BCUT2D eigenvalue weighted by Gasteiger charge is 2.51. The Morgan fingerprint density at radius 1 is 0.683 bits per heavy atom. The molecule has 1 unspecified atom stereocenters. The number of ether oxygens (including phenoxy) is 6. The van der Waals surface area contributed by atoms with Crippen molar-refractivity contribution in [3.8, 4) is 5.75 Å². The first-order valence-electron chi connectivity index (χ1n) is 13.9. The van der Waals surface area contributed by atoms with Crippen LogP contribution in [-0.2, 0) is 36.9 Å². The molecule has 4 aromatic rings. The van der Waals surface area contributed by atoms with Crippen LogP contribution in [-0.4, -0.2) is 43.6 Å². The van der Waals surface area contributed by atoms with Crippen LogP contribution in [0.4, 0.5) is 0 Å². The van der Waals surface area contributed by atoms with E-state index >= 15 is 0 Å². The third-order valence-electron chi connectivity index (χ3n) is 7.24. The van der Waals surface area contributed by atoms with Crippen molar-refractivity contribution in [3.63, 3.8) is 0 Å². The fourth-order valence-corrected chi connectivity index (χ4v) is 6.25. The lowest BCUT2D eigenvalue weighted by atomic mass is 9.98. The van der Waals surface area contributed by atoms with Crippen LogP contribution < -0.4 is 4.74 Å². The van der Waals surface area contributed by atoms with Crippen LogP contribution in [0.5, 0.6) is 5.75 Å². The molecule has 0 aliphatic carbocycles. The van der Waals surface area contributed by atoms with Crippen molar-refractivity contribution >= 4 is 11.8 Å². The lowest BCUT2D eigenvalue weighted by molar-refractivity contribution is -0.329. The van der Waals surface area contributed by atoms with Crippen LogP contribution >= 0.6 is 11.8 Å². The highest BCUT2D eigenvalue weighted by molar-refractivity contribution is 7.99. The molecule has 7 heteroatoms. The SMILES string of the molecule is COc1ccc(C2OC[C@@H]3O[C@H](Sc4ccccc4)[C@@H](OCc4ccccc4)[C@H](OCc4ccccc4)[C@H]3O2)cc1. The van der Waals surface area contributed by atoms with Gasteiger partial charge in [-0.2, -0.15) is 0 Å². The van der Waals surface area contributed by atoms with Gasteiger partial charge in [0.15, 0.2) is 6.29 Å². The first-order valence-corrected chi connectivity index (χ1v) is 14.7. The van der Waals surface area contributed by atoms with E-state index in [9.17, 15) is 0 Å². The lowest BCUT2D eigenvalue weighted by Gasteiger charge is -2.49. The highest BCUT2D eigenvalue weighted by Crippen LogP contribution is 2.41. The van der Waals surface area contributed by atoms with E-state index in [0.717, 1.165) is 27.3 Å². The minimum Gasteiger partial charge on any atom is -0.497 e. The van der Waals surface area contributed by atoms with Gasteiger partial charge in [-0.05, 0) is 35.4 Å². The van der Waals surface area contributed by atoms with Gasteiger partial charge in [0.2, 0.25) is 0 Å². The molecule has 2 fully saturated rings. The second kappa shape index (κ2) is 13.7. The minimum absolute atomic E-state index is 0.317. The molecule has 2 heterocycles. The largest absolute Gasteiger partial charge is 0.497 e. The molecule has 2 aliphatic rings. The van der Waals surface area contributed by atoms with Crippen molar-refractivity contribution < 1.29 is 28.4 Å². The van der Waals surface area contributed by atoms with Crippen molar-refractivity contribution in [1.29, 1.82) is 0 Å². The second-order valence-corrected chi connectivity index (χ2v) is 11.2. The topological polar surface area (TPSA) is 55.4 Å². The summed E-state index contributed by atoms with van der Waals surface area (Å²) in [6.07, 6.45) is -2.07. The van der Waals surface area contributed by atoms with Crippen LogP contribution in [0, 0.1) is 0 Å². The normalized spacial score (nSPS) is 25.8. The molecule has 6 rings (SSSR count). The van der Waals surface area contributed by atoms with Crippen molar-refractivity contribution in [2.45, 2.75) is 54.3 Å². The monoisotopic (exact) mass is 570 g/mol. The molecule has 0 N–H and O–H groups in total. The van der Waals surface area contributed by atoms with E-state index in [0.29, 0.717) is 19.8 Å². The van der Waals surface area contributed by atoms with Crippen molar-refractivity contribution in [3.05, 3.63) is 132 Å². The molecule has 212 valence electrons. The summed E-state index contributed by atoms with van der Waals surface area (Å²) in [5.74, 6) is 0.780. The summed E-state index contributed by atoms with van der Waals surface area (Å²) in [7, 11) is 1.65. The van der Waals surface area contributed by atoms with Gasteiger partial charge < -0.3 is 28.4 Å². The Morgan fingerprint density at radius 3 is 1.88 bits per heavy atom. The summed E-state index contributed by atoms with van der Waals surface area (Å²) in [5, 5.41) is 0. The van der Waals surface area contributed by atoms with Gasteiger partial charge in [-0.3, -0.25) is 0 Å². The third kappa shape index (κ3) is 7.01. The Balaban J connectivity index is 1.29. The minimum atomic E-state index is -0.554. The highest BCUT2D eigenvalue weighted by atomic mass is 32.2. The Kier molecular flexibility index (Phi) is 9.32. The summed E-state index contributed by atoms with van der Waals surface area (Å²) in [4.78, 5) is 1.10. The van der Waals surface area contributed by atoms with Crippen molar-refractivity contribution in [2.75, 3.05) is 13.7 Å². The molecule has 0 bridgehead atoms. The van der Waals surface area contributed by atoms with Gasteiger partial charge in [0.1, 0.15) is 35.6 Å². The van der Waals surface area contributed by atoms with Crippen LogP contribution in [0.1, 0.15) is 23.0 Å². The Bertz CT molecular complexity index is 1340. The van der Waals surface area contributed by atoms with E-state index in [1.165, 1.54) is 0 Å². The molecule has 0 radical (unpaired) electrons. The fourth-order valence-electron chi connectivity index (χ4n) is 5.10. The van der Waals surface area contributed by atoms with Gasteiger partial charge in [0, 0.05) is 10.5 Å². The van der Waals surface area contributed by atoms with E-state index < -0.39 is 24.6 Å². The smallest absolute Gasteiger partial charge is 0.184 e. The molecule has 2 saturated heterocycles. The maximum absolute atomic E-state index is 6.71. The number of methoxy groups -OCH3 is 1. The van der Waals surface area contributed by atoms with E-state index in [1.807, 2.05) is 78.9 Å². The first-order chi connectivity index (χ1) is 20.3. The average molecular weight is 571 g/mol. The maximum Gasteiger partial charge on any atom is 0.184 e. The van der Waals surface area contributed by atoms with Crippen LogP contribution in [0.3, 0.4) is 0 Å². The van der Waals surface area contributed by atoms with E-state index in [4.69, 9.17) is 28.4 Å². The number of benzene rings is 4. The van der Waals surface area contributed by atoms with Gasteiger partial charge in [-0.1, -0.05) is 103 Å². The number of thioether (sulfide) groups is 1. The zero-order valence-electron chi connectivity index (χ0n) is 22.9. The second-order valence-electron chi connectivity index (χ2n) is 10.0.